The lowest BCUT2D eigenvalue weighted by Crippen LogP contribution is -2.33. The van der Waals surface area contributed by atoms with Crippen LogP contribution in [0.1, 0.15) is 32.3 Å². The second-order valence-corrected chi connectivity index (χ2v) is 7.48. The van der Waals surface area contributed by atoms with Gasteiger partial charge >= 0.3 is 0 Å². The van der Waals surface area contributed by atoms with Crippen molar-refractivity contribution in [2.45, 2.75) is 31.9 Å². The summed E-state index contributed by atoms with van der Waals surface area (Å²) in [5.41, 5.74) is 6.90. The molecule has 0 fully saturated rings. The highest BCUT2D eigenvalue weighted by molar-refractivity contribution is 8.04. The van der Waals surface area contributed by atoms with E-state index >= 15 is 0 Å². The number of allylic oxidation sites excluding steroid dienone is 1. The molecular weight excluding hydrogens is 296 g/mol. The predicted molar refractivity (Wildman–Crippen MR) is 88.4 cm³/mol. The number of rotatable bonds is 3. The zero-order valence-corrected chi connectivity index (χ0v) is 14.0. The molecule has 2 rings (SSSR count). The van der Waals surface area contributed by atoms with E-state index in [1.165, 1.54) is 11.8 Å². The van der Waals surface area contributed by atoms with Gasteiger partial charge in [0.1, 0.15) is 5.75 Å². The van der Waals surface area contributed by atoms with Crippen molar-refractivity contribution < 1.29 is 9.53 Å². The van der Waals surface area contributed by atoms with Crippen molar-refractivity contribution in [3.05, 3.63) is 40.4 Å². The molecule has 0 aliphatic carbocycles. The van der Waals surface area contributed by atoms with Gasteiger partial charge in [0.05, 0.1) is 29.0 Å². The number of nitriles is 1. The van der Waals surface area contributed by atoms with E-state index in [1.54, 1.807) is 7.11 Å². The van der Waals surface area contributed by atoms with Crippen LogP contribution in [0.2, 0.25) is 0 Å². The zero-order chi connectivity index (χ0) is 16.5. The Morgan fingerprint density at radius 1 is 1.32 bits per heavy atom. The third kappa shape index (κ3) is 2.97. The molecule has 0 bridgehead atoms. The van der Waals surface area contributed by atoms with Crippen LogP contribution in [0, 0.1) is 16.7 Å². The number of thioether (sulfide) groups is 1. The molecule has 5 heteroatoms. The van der Waals surface area contributed by atoms with Crippen LogP contribution in [0.15, 0.2) is 34.9 Å². The van der Waals surface area contributed by atoms with E-state index in [0.29, 0.717) is 10.6 Å². The second-order valence-electron chi connectivity index (χ2n) is 6.29. The van der Waals surface area contributed by atoms with Crippen molar-refractivity contribution in [1.29, 1.82) is 5.26 Å². The summed E-state index contributed by atoms with van der Waals surface area (Å²) in [5.74, 6) is 0.544. The molecule has 0 unspecified atom stereocenters. The molecule has 1 aromatic carbocycles. The number of ether oxygens (including phenoxy) is 1. The molecule has 1 aliphatic heterocycles. The maximum absolute atomic E-state index is 12.7. The van der Waals surface area contributed by atoms with Crippen molar-refractivity contribution in [1.82, 2.24) is 0 Å². The Hall–Kier alpha value is -1.93. The van der Waals surface area contributed by atoms with E-state index in [-0.39, 0.29) is 17.0 Å². The molecule has 4 nitrogen and oxygen atoms in total. The first-order valence-corrected chi connectivity index (χ1v) is 7.92. The fraction of sp³-hybridized carbons (Fsp3) is 0.412. The van der Waals surface area contributed by atoms with Gasteiger partial charge in [0.25, 0.3) is 0 Å². The third-order valence-corrected chi connectivity index (χ3v) is 4.94. The van der Waals surface area contributed by atoms with E-state index in [9.17, 15) is 10.1 Å². The standard InChI is InChI=1S/C17H20N2O2S/c1-17(2,3)15(20)14-13(12(9-18)16(19)22-14)10-5-7-11(21-4)8-6-10/h5-8,13-14H,19H2,1-4H3/t13-,14-/m1/s1. The maximum atomic E-state index is 12.7. The van der Waals surface area contributed by atoms with Gasteiger partial charge in [-0.3, -0.25) is 4.79 Å². The lowest BCUT2D eigenvalue weighted by molar-refractivity contribution is -0.125. The summed E-state index contributed by atoms with van der Waals surface area (Å²) < 4.78 is 5.16. The fourth-order valence-corrected chi connectivity index (χ4v) is 3.95. The first kappa shape index (κ1) is 16.4. The number of nitrogens with zero attached hydrogens (tertiary/aromatic N) is 1. The first-order valence-electron chi connectivity index (χ1n) is 7.04. The molecule has 0 radical (unpaired) electrons. The van der Waals surface area contributed by atoms with Crippen LogP contribution in [0.3, 0.4) is 0 Å². The number of carbonyl (C=O) groups excluding carboxylic acids is 1. The van der Waals surface area contributed by atoms with Crippen LogP contribution in [-0.4, -0.2) is 18.1 Å². The van der Waals surface area contributed by atoms with E-state index in [2.05, 4.69) is 6.07 Å². The Labute approximate surface area is 135 Å². The molecule has 1 aromatic rings. The molecule has 0 amide bonds. The Kier molecular flexibility index (Phi) is 4.52. The number of hydrogen-bond donors (Lipinski definition) is 1. The average molecular weight is 316 g/mol. The summed E-state index contributed by atoms with van der Waals surface area (Å²) in [6.45, 7) is 5.67. The van der Waals surface area contributed by atoms with Gasteiger partial charge in [-0.15, -0.1) is 0 Å². The first-order chi connectivity index (χ1) is 10.3. The number of Topliss-reactive ketones (excluding diaryl/α,β-unsaturated/α-hetero) is 1. The minimum absolute atomic E-state index is 0.103. The van der Waals surface area contributed by atoms with Gasteiger partial charge in [-0.2, -0.15) is 5.26 Å². The lowest BCUT2D eigenvalue weighted by atomic mass is 9.80. The van der Waals surface area contributed by atoms with Crippen molar-refractivity contribution in [2.75, 3.05) is 7.11 Å². The van der Waals surface area contributed by atoms with Gasteiger partial charge in [0, 0.05) is 11.3 Å². The summed E-state index contributed by atoms with van der Waals surface area (Å²) in [5, 5.41) is 9.53. The number of ketones is 1. The molecule has 0 saturated carbocycles. The molecule has 2 atom stereocenters. The van der Waals surface area contributed by atoms with E-state index in [0.717, 1.165) is 11.3 Å². The Morgan fingerprint density at radius 2 is 1.91 bits per heavy atom. The van der Waals surface area contributed by atoms with E-state index in [1.807, 2.05) is 45.0 Å². The van der Waals surface area contributed by atoms with Crippen LogP contribution in [-0.2, 0) is 4.79 Å². The quantitative estimate of drug-likeness (QED) is 0.926. The zero-order valence-electron chi connectivity index (χ0n) is 13.2. The Bertz CT molecular complexity index is 651. The van der Waals surface area contributed by atoms with Crippen LogP contribution in [0.5, 0.6) is 5.75 Å². The number of nitrogens with two attached hydrogens (primary N) is 1. The largest absolute Gasteiger partial charge is 0.497 e. The molecule has 0 aromatic heterocycles. The number of carbonyl (C=O) groups is 1. The van der Waals surface area contributed by atoms with Crippen molar-refractivity contribution in [2.24, 2.45) is 11.1 Å². The highest BCUT2D eigenvalue weighted by atomic mass is 32.2. The maximum Gasteiger partial charge on any atom is 0.152 e. The third-order valence-electron chi connectivity index (χ3n) is 3.73. The lowest BCUT2D eigenvalue weighted by Gasteiger charge is -2.26. The predicted octanol–water partition coefficient (Wildman–Crippen LogP) is 3.20. The summed E-state index contributed by atoms with van der Waals surface area (Å²) in [4.78, 5) is 12.7. The minimum atomic E-state index is -0.479. The van der Waals surface area contributed by atoms with Gasteiger partial charge in [0.2, 0.25) is 0 Å². The van der Waals surface area contributed by atoms with Crippen molar-refractivity contribution in [3.63, 3.8) is 0 Å². The molecule has 0 saturated heterocycles. The molecule has 116 valence electrons. The van der Waals surface area contributed by atoms with Gasteiger partial charge in [-0.25, -0.2) is 0 Å². The van der Waals surface area contributed by atoms with Crippen LogP contribution >= 0.6 is 11.8 Å². The molecule has 1 heterocycles. The Morgan fingerprint density at radius 3 is 2.36 bits per heavy atom. The SMILES string of the molecule is COc1ccc([C@@H]2C(C#N)=C(N)S[C@H]2C(=O)C(C)(C)C)cc1. The molecule has 22 heavy (non-hydrogen) atoms. The number of benzene rings is 1. The summed E-state index contributed by atoms with van der Waals surface area (Å²) in [7, 11) is 1.60. The topological polar surface area (TPSA) is 76.1 Å². The van der Waals surface area contributed by atoms with Gasteiger partial charge in [-0.1, -0.05) is 44.7 Å². The minimum Gasteiger partial charge on any atom is -0.497 e. The van der Waals surface area contributed by atoms with Gasteiger partial charge in [-0.05, 0) is 17.7 Å². The summed E-state index contributed by atoms with van der Waals surface area (Å²) >= 11 is 1.30. The highest BCUT2D eigenvalue weighted by Gasteiger charge is 2.43. The van der Waals surface area contributed by atoms with E-state index in [4.69, 9.17) is 10.5 Å². The molecule has 0 spiro atoms. The Balaban J connectivity index is 2.45. The number of methoxy groups -OCH3 is 1. The van der Waals surface area contributed by atoms with Crippen molar-refractivity contribution >= 4 is 17.5 Å². The van der Waals surface area contributed by atoms with Crippen LogP contribution in [0.25, 0.3) is 0 Å². The average Bonchev–Trinajstić information content (AvgIpc) is 2.82. The smallest absolute Gasteiger partial charge is 0.152 e. The molecular formula is C17H20N2O2S. The van der Waals surface area contributed by atoms with Gasteiger partial charge in [0.15, 0.2) is 5.78 Å². The molecule has 2 N–H and O–H groups in total. The highest BCUT2D eigenvalue weighted by Crippen LogP contribution is 2.48. The number of hydrogen-bond acceptors (Lipinski definition) is 5. The van der Waals surface area contributed by atoms with Crippen molar-refractivity contribution in [3.8, 4) is 11.8 Å². The fourth-order valence-electron chi connectivity index (χ4n) is 2.48. The normalized spacial score (nSPS) is 21.6. The summed E-state index contributed by atoms with van der Waals surface area (Å²) in [6.07, 6.45) is 0. The van der Waals surface area contributed by atoms with Crippen LogP contribution in [0.4, 0.5) is 0 Å². The summed E-state index contributed by atoms with van der Waals surface area (Å²) in [6, 6.07) is 9.63. The second kappa shape index (κ2) is 6.05. The van der Waals surface area contributed by atoms with E-state index < -0.39 is 5.41 Å². The van der Waals surface area contributed by atoms with Crippen LogP contribution < -0.4 is 10.5 Å². The monoisotopic (exact) mass is 316 g/mol. The van der Waals surface area contributed by atoms with Gasteiger partial charge < -0.3 is 10.5 Å². The molecule has 1 aliphatic rings.